The van der Waals surface area contributed by atoms with Gasteiger partial charge in [0.25, 0.3) is 5.91 Å². The highest BCUT2D eigenvalue weighted by molar-refractivity contribution is 7.89. The highest BCUT2D eigenvalue weighted by Crippen LogP contribution is 2.24. The van der Waals surface area contributed by atoms with Gasteiger partial charge in [-0.2, -0.15) is 4.31 Å². The van der Waals surface area contributed by atoms with E-state index in [-0.39, 0.29) is 37.4 Å². The summed E-state index contributed by atoms with van der Waals surface area (Å²) in [5.41, 5.74) is 0. The fourth-order valence-corrected chi connectivity index (χ4v) is 5.10. The molecular weight excluding hydrogens is 444 g/mol. The lowest BCUT2D eigenvalue weighted by atomic mass is 9.98. The van der Waals surface area contributed by atoms with Crippen LogP contribution in [-0.2, 0) is 30.9 Å². The van der Waals surface area contributed by atoms with Gasteiger partial charge >= 0.3 is 12.0 Å². The molecule has 1 aliphatic heterocycles. The van der Waals surface area contributed by atoms with Crippen LogP contribution in [-0.4, -0.2) is 55.3 Å². The second-order valence-electron chi connectivity index (χ2n) is 6.79. The number of ether oxygens (including phenoxy) is 1. The molecule has 10 nitrogen and oxygen atoms in total. The lowest BCUT2D eigenvalue weighted by molar-refractivity contribution is -0.153. The Bertz CT molecular complexity index is 1000. The molecular formula is C19H22N4O6S2. The summed E-state index contributed by atoms with van der Waals surface area (Å²) in [6.45, 7) is 0.0270. The molecule has 0 aromatic carbocycles. The number of rotatable bonds is 7. The normalized spacial score (nSPS) is 15.2. The minimum absolute atomic E-state index is 0.102. The number of piperidine rings is 1. The number of esters is 1. The van der Waals surface area contributed by atoms with Crippen LogP contribution in [0.5, 0.6) is 0 Å². The standard InChI is InChI=1S/C19H22N4O6S2/c24-17(22-19(26)21-11-15-3-2-10-30-15)13-29-18(25)14-5-8-23(9-6-14)31(27,28)16-4-1-7-20-12-16/h1-4,7,10,12,14H,5-6,8-9,11,13H2,(H2,21,22,24,26). The summed E-state index contributed by atoms with van der Waals surface area (Å²) in [5, 5.41) is 6.50. The number of urea groups is 1. The molecule has 166 valence electrons. The van der Waals surface area contributed by atoms with Gasteiger partial charge in [0, 0.05) is 30.4 Å². The van der Waals surface area contributed by atoms with Crippen LogP contribution in [0.15, 0.2) is 46.9 Å². The molecule has 0 unspecified atom stereocenters. The number of carbonyl (C=O) groups excluding carboxylic acids is 3. The minimum atomic E-state index is -3.66. The molecule has 1 aliphatic rings. The molecule has 3 amide bonds. The Balaban J connectivity index is 1.38. The SMILES string of the molecule is O=C(COC(=O)C1CCN(S(=O)(=O)c2cccnc2)CC1)NC(=O)NCc1cccs1. The van der Waals surface area contributed by atoms with Gasteiger partial charge in [-0.3, -0.25) is 19.9 Å². The highest BCUT2D eigenvalue weighted by Gasteiger charge is 2.33. The maximum absolute atomic E-state index is 12.6. The average Bonchev–Trinajstić information content (AvgIpc) is 3.30. The van der Waals surface area contributed by atoms with Gasteiger partial charge in [-0.05, 0) is 36.4 Å². The van der Waals surface area contributed by atoms with Crippen molar-refractivity contribution in [1.29, 1.82) is 0 Å². The number of nitrogens with zero attached hydrogens (tertiary/aromatic N) is 2. The number of hydrogen-bond acceptors (Lipinski definition) is 8. The first-order chi connectivity index (χ1) is 14.9. The van der Waals surface area contributed by atoms with E-state index in [2.05, 4.69) is 15.6 Å². The molecule has 3 heterocycles. The second kappa shape index (κ2) is 10.5. The predicted octanol–water partition coefficient (Wildman–Crippen LogP) is 1.11. The largest absolute Gasteiger partial charge is 0.455 e. The van der Waals surface area contributed by atoms with Crippen molar-refractivity contribution < 1.29 is 27.5 Å². The molecule has 0 aliphatic carbocycles. The summed E-state index contributed by atoms with van der Waals surface area (Å²) in [5.74, 6) is -1.85. The van der Waals surface area contributed by atoms with Crippen LogP contribution in [0.25, 0.3) is 0 Å². The third-order valence-corrected chi connectivity index (χ3v) is 7.42. The molecule has 0 spiro atoms. The monoisotopic (exact) mass is 466 g/mol. The molecule has 31 heavy (non-hydrogen) atoms. The number of sulfonamides is 1. The summed E-state index contributed by atoms with van der Waals surface area (Å²) < 4.78 is 31.5. The zero-order valence-corrected chi connectivity index (χ0v) is 18.2. The lowest BCUT2D eigenvalue weighted by Crippen LogP contribution is -2.42. The van der Waals surface area contributed by atoms with E-state index in [1.165, 1.54) is 34.1 Å². The molecule has 0 saturated carbocycles. The van der Waals surface area contributed by atoms with Crippen molar-refractivity contribution in [1.82, 2.24) is 19.9 Å². The lowest BCUT2D eigenvalue weighted by Gasteiger charge is -2.29. The van der Waals surface area contributed by atoms with Crippen molar-refractivity contribution in [2.45, 2.75) is 24.3 Å². The topological polar surface area (TPSA) is 135 Å². The van der Waals surface area contributed by atoms with Crippen molar-refractivity contribution in [3.05, 3.63) is 46.9 Å². The van der Waals surface area contributed by atoms with Gasteiger partial charge in [0.05, 0.1) is 12.5 Å². The number of carbonyl (C=O) groups is 3. The molecule has 2 aromatic rings. The molecule has 12 heteroatoms. The fourth-order valence-electron chi connectivity index (χ4n) is 3.02. The number of hydrogen-bond donors (Lipinski definition) is 2. The summed E-state index contributed by atoms with van der Waals surface area (Å²) in [6.07, 6.45) is 3.33. The molecule has 1 fully saturated rings. The van der Waals surface area contributed by atoms with Gasteiger partial charge in [0.1, 0.15) is 4.90 Å². The fraction of sp³-hybridized carbons (Fsp3) is 0.368. The molecule has 2 aromatic heterocycles. The van der Waals surface area contributed by atoms with Crippen LogP contribution in [0.1, 0.15) is 17.7 Å². The second-order valence-corrected chi connectivity index (χ2v) is 9.76. The molecule has 1 saturated heterocycles. The van der Waals surface area contributed by atoms with Crippen molar-refractivity contribution in [2.24, 2.45) is 5.92 Å². The van der Waals surface area contributed by atoms with Crippen LogP contribution in [0.3, 0.4) is 0 Å². The quantitative estimate of drug-likeness (QED) is 0.584. The van der Waals surface area contributed by atoms with Gasteiger partial charge < -0.3 is 10.1 Å². The summed E-state index contributed by atoms with van der Waals surface area (Å²) >= 11 is 1.47. The summed E-state index contributed by atoms with van der Waals surface area (Å²) in [6, 6.07) is 6.04. The Kier molecular flexibility index (Phi) is 7.71. The number of amides is 3. The van der Waals surface area contributed by atoms with E-state index in [1.807, 2.05) is 17.5 Å². The van der Waals surface area contributed by atoms with Crippen LogP contribution >= 0.6 is 11.3 Å². The van der Waals surface area contributed by atoms with Crippen LogP contribution < -0.4 is 10.6 Å². The van der Waals surface area contributed by atoms with Crippen molar-refractivity contribution in [3.8, 4) is 0 Å². The third-order valence-electron chi connectivity index (χ3n) is 4.66. The minimum Gasteiger partial charge on any atom is -0.455 e. The van der Waals surface area contributed by atoms with E-state index in [1.54, 1.807) is 6.07 Å². The van der Waals surface area contributed by atoms with Gasteiger partial charge in [0.2, 0.25) is 10.0 Å². The zero-order chi connectivity index (χ0) is 22.3. The smallest absolute Gasteiger partial charge is 0.321 e. The van der Waals surface area contributed by atoms with E-state index in [4.69, 9.17) is 4.74 Å². The van der Waals surface area contributed by atoms with E-state index in [9.17, 15) is 22.8 Å². The van der Waals surface area contributed by atoms with Crippen molar-refractivity contribution in [3.63, 3.8) is 0 Å². The Morgan fingerprint density at radius 3 is 2.61 bits per heavy atom. The maximum Gasteiger partial charge on any atom is 0.321 e. The molecule has 2 N–H and O–H groups in total. The predicted molar refractivity (Wildman–Crippen MR) is 111 cm³/mol. The van der Waals surface area contributed by atoms with Gasteiger partial charge in [0.15, 0.2) is 6.61 Å². The van der Waals surface area contributed by atoms with E-state index in [0.717, 1.165) is 4.88 Å². The first-order valence-electron chi connectivity index (χ1n) is 9.53. The van der Waals surface area contributed by atoms with Crippen LogP contribution in [0, 0.1) is 5.92 Å². The first-order valence-corrected chi connectivity index (χ1v) is 11.8. The third kappa shape index (κ3) is 6.32. The van der Waals surface area contributed by atoms with Crippen LogP contribution in [0.2, 0.25) is 0 Å². The molecule has 0 atom stereocenters. The number of aromatic nitrogens is 1. The van der Waals surface area contributed by atoms with Gasteiger partial charge in [-0.1, -0.05) is 6.07 Å². The first kappa shape index (κ1) is 22.8. The number of imide groups is 1. The number of nitrogens with one attached hydrogen (secondary N) is 2. The number of thiophene rings is 1. The summed E-state index contributed by atoms with van der Waals surface area (Å²) in [4.78, 5) is 40.6. The zero-order valence-electron chi connectivity index (χ0n) is 16.5. The van der Waals surface area contributed by atoms with Gasteiger partial charge in [-0.15, -0.1) is 11.3 Å². The maximum atomic E-state index is 12.6. The Labute approximate surface area is 183 Å². The molecule has 3 rings (SSSR count). The van der Waals surface area contributed by atoms with Crippen molar-refractivity contribution >= 4 is 39.3 Å². The van der Waals surface area contributed by atoms with E-state index >= 15 is 0 Å². The summed E-state index contributed by atoms with van der Waals surface area (Å²) in [7, 11) is -3.66. The van der Waals surface area contributed by atoms with E-state index < -0.39 is 40.5 Å². The Morgan fingerprint density at radius 1 is 1.19 bits per heavy atom. The molecule has 0 bridgehead atoms. The molecule has 0 radical (unpaired) electrons. The number of pyridine rings is 1. The average molecular weight is 467 g/mol. The Morgan fingerprint density at radius 2 is 1.97 bits per heavy atom. The van der Waals surface area contributed by atoms with Crippen molar-refractivity contribution in [2.75, 3.05) is 19.7 Å². The highest BCUT2D eigenvalue weighted by atomic mass is 32.2. The van der Waals surface area contributed by atoms with E-state index in [0.29, 0.717) is 0 Å². The van der Waals surface area contributed by atoms with Crippen LogP contribution in [0.4, 0.5) is 4.79 Å². The van der Waals surface area contributed by atoms with Gasteiger partial charge in [-0.25, -0.2) is 13.2 Å². The Hall–Kier alpha value is -2.83.